The summed E-state index contributed by atoms with van der Waals surface area (Å²) in [5.41, 5.74) is 3.83. The number of hydrogen-bond acceptors (Lipinski definition) is 4. The molecule has 0 aliphatic rings. The highest BCUT2D eigenvalue weighted by Crippen LogP contribution is 2.30. The molecule has 0 aromatic carbocycles. The van der Waals surface area contributed by atoms with Crippen molar-refractivity contribution in [3.8, 4) is 0 Å². The van der Waals surface area contributed by atoms with Gasteiger partial charge in [0.2, 0.25) is 0 Å². The third kappa shape index (κ3) is 2.27. The van der Waals surface area contributed by atoms with E-state index in [0.29, 0.717) is 0 Å². The fourth-order valence-electron chi connectivity index (χ4n) is 1.53. The van der Waals surface area contributed by atoms with Gasteiger partial charge < -0.3 is 0 Å². The van der Waals surface area contributed by atoms with Crippen molar-refractivity contribution in [2.75, 3.05) is 0 Å². The minimum absolute atomic E-state index is 0.0437. The lowest BCUT2D eigenvalue weighted by atomic mass is 10.1. The SMILES string of the molecule is CCn1cc(C(NN)c2ccc(Cl)s2)cn1. The number of halogens is 1. The molecule has 0 saturated heterocycles. The van der Waals surface area contributed by atoms with Crippen LogP contribution in [0, 0.1) is 0 Å². The number of nitrogens with one attached hydrogen (secondary N) is 1. The number of hydrazine groups is 1. The van der Waals surface area contributed by atoms with Crippen LogP contribution in [-0.4, -0.2) is 9.78 Å². The lowest BCUT2D eigenvalue weighted by molar-refractivity contribution is 0.637. The summed E-state index contributed by atoms with van der Waals surface area (Å²) in [7, 11) is 0. The van der Waals surface area contributed by atoms with Gasteiger partial charge in [-0.15, -0.1) is 11.3 Å². The molecule has 0 bridgehead atoms. The molecular weight excluding hydrogens is 244 g/mol. The Morgan fingerprint density at radius 3 is 2.94 bits per heavy atom. The molecule has 4 nitrogen and oxygen atoms in total. The van der Waals surface area contributed by atoms with Crippen LogP contribution in [0.25, 0.3) is 0 Å². The molecule has 3 N–H and O–H groups in total. The zero-order valence-electron chi connectivity index (χ0n) is 8.85. The van der Waals surface area contributed by atoms with Crippen molar-refractivity contribution in [2.24, 2.45) is 5.84 Å². The predicted molar refractivity (Wildman–Crippen MR) is 66.4 cm³/mol. The van der Waals surface area contributed by atoms with Gasteiger partial charge in [-0.25, -0.2) is 5.43 Å². The molecule has 0 saturated carbocycles. The number of nitrogens with two attached hydrogens (primary N) is 1. The molecule has 16 heavy (non-hydrogen) atoms. The molecule has 6 heteroatoms. The molecule has 0 amide bonds. The lowest BCUT2D eigenvalue weighted by Gasteiger charge is -2.11. The number of nitrogens with zero attached hydrogens (tertiary/aromatic N) is 2. The van der Waals surface area contributed by atoms with E-state index in [1.54, 1.807) is 0 Å². The molecule has 2 aromatic heterocycles. The number of hydrogen-bond donors (Lipinski definition) is 2. The van der Waals surface area contributed by atoms with Crippen LogP contribution in [0.1, 0.15) is 23.4 Å². The first kappa shape index (κ1) is 11.6. The van der Waals surface area contributed by atoms with Gasteiger partial charge in [0, 0.05) is 23.2 Å². The van der Waals surface area contributed by atoms with Crippen molar-refractivity contribution in [3.63, 3.8) is 0 Å². The minimum atomic E-state index is -0.0437. The largest absolute Gasteiger partial charge is 0.273 e. The van der Waals surface area contributed by atoms with Crippen LogP contribution >= 0.6 is 22.9 Å². The quantitative estimate of drug-likeness (QED) is 0.651. The monoisotopic (exact) mass is 256 g/mol. The Kier molecular flexibility index (Phi) is 3.60. The Balaban J connectivity index is 2.28. The summed E-state index contributed by atoms with van der Waals surface area (Å²) in [5, 5.41) is 4.23. The number of rotatable bonds is 4. The maximum absolute atomic E-state index is 5.91. The Bertz CT molecular complexity index is 465. The fourth-order valence-corrected chi connectivity index (χ4v) is 2.68. The second kappa shape index (κ2) is 4.97. The van der Waals surface area contributed by atoms with Crippen LogP contribution < -0.4 is 11.3 Å². The van der Waals surface area contributed by atoms with Crippen LogP contribution in [0.3, 0.4) is 0 Å². The molecule has 0 spiro atoms. The molecule has 86 valence electrons. The summed E-state index contributed by atoms with van der Waals surface area (Å²) >= 11 is 7.43. The van der Waals surface area contributed by atoms with Crippen molar-refractivity contribution in [1.29, 1.82) is 0 Å². The van der Waals surface area contributed by atoms with Gasteiger partial charge in [0.05, 0.1) is 16.6 Å². The lowest BCUT2D eigenvalue weighted by Crippen LogP contribution is -2.27. The van der Waals surface area contributed by atoms with Crippen LogP contribution in [0.4, 0.5) is 0 Å². The summed E-state index contributed by atoms with van der Waals surface area (Å²) in [5.74, 6) is 5.57. The summed E-state index contributed by atoms with van der Waals surface area (Å²) in [4.78, 5) is 1.09. The van der Waals surface area contributed by atoms with E-state index in [1.807, 2.05) is 36.1 Å². The van der Waals surface area contributed by atoms with Gasteiger partial charge in [-0.1, -0.05) is 11.6 Å². The van der Waals surface area contributed by atoms with Gasteiger partial charge in [0.25, 0.3) is 0 Å². The first-order valence-electron chi connectivity index (χ1n) is 4.98. The average Bonchev–Trinajstić information content (AvgIpc) is 2.89. The van der Waals surface area contributed by atoms with Crippen molar-refractivity contribution < 1.29 is 0 Å². The standard InChI is InChI=1S/C10H13ClN4S/c1-2-15-6-7(5-13-15)10(14-12)8-3-4-9(11)16-8/h3-6,10,14H,2,12H2,1H3. The second-order valence-electron chi connectivity index (χ2n) is 3.37. The van der Waals surface area contributed by atoms with E-state index in [1.165, 1.54) is 11.3 Å². The summed E-state index contributed by atoms with van der Waals surface area (Å²) in [6.07, 6.45) is 3.81. The molecule has 0 radical (unpaired) electrons. The smallest absolute Gasteiger partial charge is 0.0931 e. The highest BCUT2D eigenvalue weighted by Gasteiger charge is 2.16. The second-order valence-corrected chi connectivity index (χ2v) is 5.12. The maximum atomic E-state index is 5.91. The molecule has 2 heterocycles. The minimum Gasteiger partial charge on any atom is -0.273 e. The fraction of sp³-hybridized carbons (Fsp3) is 0.300. The summed E-state index contributed by atoms with van der Waals surface area (Å²) in [6, 6.07) is 3.80. The van der Waals surface area contributed by atoms with E-state index in [0.717, 1.165) is 21.3 Å². The van der Waals surface area contributed by atoms with Crippen molar-refractivity contribution in [2.45, 2.75) is 19.5 Å². The van der Waals surface area contributed by atoms with Crippen LogP contribution in [0.2, 0.25) is 4.34 Å². The van der Waals surface area contributed by atoms with Gasteiger partial charge in [-0.3, -0.25) is 10.5 Å². The molecule has 2 aromatic rings. The van der Waals surface area contributed by atoms with Gasteiger partial charge in [-0.2, -0.15) is 5.10 Å². The molecule has 1 unspecified atom stereocenters. The van der Waals surface area contributed by atoms with Crippen LogP contribution in [0.15, 0.2) is 24.5 Å². The van der Waals surface area contributed by atoms with Gasteiger partial charge in [-0.05, 0) is 19.1 Å². The zero-order chi connectivity index (χ0) is 11.5. The molecule has 0 aliphatic carbocycles. The number of thiophene rings is 1. The van der Waals surface area contributed by atoms with Crippen LogP contribution in [-0.2, 0) is 6.54 Å². The van der Waals surface area contributed by atoms with Crippen LogP contribution in [0.5, 0.6) is 0 Å². The Morgan fingerprint density at radius 1 is 1.62 bits per heavy atom. The van der Waals surface area contributed by atoms with Crippen molar-refractivity contribution in [1.82, 2.24) is 15.2 Å². The first-order valence-corrected chi connectivity index (χ1v) is 6.17. The van der Waals surface area contributed by atoms with Gasteiger partial charge >= 0.3 is 0 Å². The predicted octanol–water partition coefficient (Wildman–Crippen LogP) is 2.17. The number of aryl methyl sites for hydroxylation is 1. The molecule has 1 atom stereocenters. The van der Waals surface area contributed by atoms with E-state index in [2.05, 4.69) is 10.5 Å². The van der Waals surface area contributed by atoms with E-state index < -0.39 is 0 Å². The topological polar surface area (TPSA) is 55.9 Å². The third-order valence-corrected chi connectivity index (χ3v) is 3.65. The highest BCUT2D eigenvalue weighted by atomic mass is 35.5. The van der Waals surface area contributed by atoms with Gasteiger partial charge in [0.1, 0.15) is 0 Å². The summed E-state index contributed by atoms with van der Waals surface area (Å²) in [6.45, 7) is 2.89. The molecule has 0 aliphatic heterocycles. The zero-order valence-corrected chi connectivity index (χ0v) is 10.4. The van der Waals surface area contributed by atoms with E-state index in [-0.39, 0.29) is 6.04 Å². The van der Waals surface area contributed by atoms with Crippen molar-refractivity contribution in [3.05, 3.63) is 39.3 Å². The summed E-state index contributed by atoms with van der Waals surface area (Å²) < 4.78 is 2.63. The molecule has 0 fully saturated rings. The highest BCUT2D eigenvalue weighted by molar-refractivity contribution is 7.16. The molecular formula is C10H13ClN4S. The third-order valence-electron chi connectivity index (χ3n) is 2.36. The van der Waals surface area contributed by atoms with Crippen molar-refractivity contribution >= 4 is 22.9 Å². The van der Waals surface area contributed by atoms with E-state index in [9.17, 15) is 0 Å². The van der Waals surface area contributed by atoms with Gasteiger partial charge in [0.15, 0.2) is 0 Å². The Labute approximate surface area is 103 Å². The van der Waals surface area contributed by atoms with E-state index in [4.69, 9.17) is 17.4 Å². The molecule has 2 rings (SSSR count). The Morgan fingerprint density at radius 2 is 2.44 bits per heavy atom. The average molecular weight is 257 g/mol. The van der Waals surface area contributed by atoms with E-state index >= 15 is 0 Å². The maximum Gasteiger partial charge on any atom is 0.0931 e. The number of aromatic nitrogens is 2. The normalized spacial score (nSPS) is 12.9. The Hall–Kier alpha value is -0.880. The first-order chi connectivity index (χ1) is 7.74.